The van der Waals surface area contributed by atoms with Crippen LogP contribution >= 0.6 is 0 Å². The van der Waals surface area contributed by atoms with E-state index in [0.717, 1.165) is 26.1 Å². The molecular weight excluding hydrogens is 274 g/mol. The second-order valence-corrected chi connectivity index (χ2v) is 5.27. The molecule has 0 spiro atoms. The van der Waals surface area contributed by atoms with E-state index in [1.165, 1.54) is 5.56 Å². The molecule has 2 heterocycles. The van der Waals surface area contributed by atoms with Crippen LogP contribution in [0.4, 0.5) is 0 Å². The first kappa shape index (κ1) is 14.5. The lowest BCUT2D eigenvalue weighted by atomic mass is 10.1. The zero-order valence-electron chi connectivity index (χ0n) is 12.5. The molecule has 1 aromatic carbocycles. The summed E-state index contributed by atoms with van der Waals surface area (Å²) in [5, 5.41) is 12.2. The summed E-state index contributed by atoms with van der Waals surface area (Å²) in [6.07, 6.45) is 8.68. The van der Waals surface area contributed by atoms with Crippen LogP contribution in [0.15, 0.2) is 67.3 Å². The second kappa shape index (κ2) is 7.56. The lowest BCUT2D eigenvalue weighted by Crippen LogP contribution is -2.27. The molecule has 2 aromatic heterocycles. The summed E-state index contributed by atoms with van der Waals surface area (Å²) in [5.41, 5.74) is 1.29. The zero-order valence-corrected chi connectivity index (χ0v) is 12.5. The number of benzene rings is 1. The Morgan fingerprint density at radius 3 is 2.32 bits per heavy atom. The Morgan fingerprint density at radius 1 is 0.909 bits per heavy atom. The van der Waals surface area contributed by atoms with E-state index in [-0.39, 0.29) is 6.04 Å². The van der Waals surface area contributed by atoms with Gasteiger partial charge in [0.05, 0.1) is 12.6 Å². The number of aromatic nitrogens is 4. The standard InChI is InChI=1S/C17H21N5/c1-2-7-16(8-3-1)17(15-22-14-6-11-20-22)18-9-4-12-21-13-5-10-19-21/h1-3,5-8,10-11,13-14,17-18H,4,9,12,15H2. The van der Waals surface area contributed by atoms with Gasteiger partial charge >= 0.3 is 0 Å². The summed E-state index contributed by atoms with van der Waals surface area (Å²) in [4.78, 5) is 0. The molecule has 1 unspecified atom stereocenters. The van der Waals surface area contributed by atoms with Crippen molar-refractivity contribution in [2.45, 2.75) is 25.6 Å². The Kier molecular flexibility index (Phi) is 5.00. The highest BCUT2D eigenvalue weighted by Crippen LogP contribution is 2.14. The molecule has 0 saturated heterocycles. The van der Waals surface area contributed by atoms with Crippen LogP contribution in [0.25, 0.3) is 0 Å². The molecule has 0 amide bonds. The Morgan fingerprint density at radius 2 is 1.64 bits per heavy atom. The fraction of sp³-hybridized carbons (Fsp3) is 0.294. The molecule has 1 N–H and O–H groups in total. The van der Waals surface area contributed by atoms with Gasteiger partial charge in [0.1, 0.15) is 0 Å². The molecule has 1 atom stereocenters. The summed E-state index contributed by atoms with van der Waals surface area (Å²) in [6, 6.07) is 14.7. The maximum Gasteiger partial charge on any atom is 0.0604 e. The molecule has 3 aromatic rings. The van der Waals surface area contributed by atoms with Crippen LogP contribution < -0.4 is 5.32 Å². The number of aryl methyl sites for hydroxylation is 1. The van der Waals surface area contributed by atoms with E-state index in [4.69, 9.17) is 0 Å². The minimum absolute atomic E-state index is 0.263. The van der Waals surface area contributed by atoms with Crippen molar-refractivity contribution in [1.29, 1.82) is 0 Å². The topological polar surface area (TPSA) is 47.7 Å². The third kappa shape index (κ3) is 4.05. The number of nitrogens with zero attached hydrogens (tertiary/aromatic N) is 4. The number of nitrogens with one attached hydrogen (secondary N) is 1. The van der Waals surface area contributed by atoms with Gasteiger partial charge in [0, 0.05) is 31.3 Å². The molecule has 0 saturated carbocycles. The van der Waals surface area contributed by atoms with Crippen molar-refractivity contribution in [2.75, 3.05) is 6.54 Å². The van der Waals surface area contributed by atoms with Gasteiger partial charge in [0.25, 0.3) is 0 Å². The maximum atomic E-state index is 4.31. The highest BCUT2D eigenvalue weighted by atomic mass is 15.3. The lowest BCUT2D eigenvalue weighted by Gasteiger charge is -2.19. The van der Waals surface area contributed by atoms with Crippen molar-refractivity contribution in [2.24, 2.45) is 0 Å². The van der Waals surface area contributed by atoms with E-state index in [2.05, 4.69) is 39.8 Å². The van der Waals surface area contributed by atoms with E-state index in [9.17, 15) is 0 Å². The average molecular weight is 295 g/mol. The average Bonchev–Trinajstić information content (AvgIpc) is 3.25. The fourth-order valence-corrected chi connectivity index (χ4v) is 2.52. The smallest absolute Gasteiger partial charge is 0.0604 e. The third-order valence-electron chi connectivity index (χ3n) is 3.64. The van der Waals surface area contributed by atoms with Crippen molar-refractivity contribution in [3.63, 3.8) is 0 Å². The molecule has 0 aliphatic carbocycles. The quantitative estimate of drug-likeness (QED) is 0.650. The van der Waals surface area contributed by atoms with Crippen LogP contribution in [0.5, 0.6) is 0 Å². The van der Waals surface area contributed by atoms with Crippen LogP contribution in [-0.4, -0.2) is 26.1 Å². The Bertz CT molecular complexity index is 631. The van der Waals surface area contributed by atoms with Crippen molar-refractivity contribution in [1.82, 2.24) is 24.9 Å². The summed E-state index contributed by atoms with van der Waals surface area (Å²) in [7, 11) is 0. The largest absolute Gasteiger partial charge is 0.308 e. The van der Waals surface area contributed by atoms with Crippen molar-refractivity contribution in [3.05, 3.63) is 72.8 Å². The van der Waals surface area contributed by atoms with Gasteiger partial charge in [-0.05, 0) is 30.7 Å². The summed E-state index contributed by atoms with van der Waals surface area (Å²) in [6.45, 7) is 2.71. The normalized spacial score (nSPS) is 12.4. The van der Waals surface area contributed by atoms with Crippen molar-refractivity contribution < 1.29 is 0 Å². The van der Waals surface area contributed by atoms with E-state index < -0.39 is 0 Å². The Balaban J connectivity index is 1.56. The van der Waals surface area contributed by atoms with E-state index >= 15 is 0 Å². The molecule has 0 radical (unpaired) electrons. The first-order valence-corrected chi connectivity index (χ1v) is 7.65. The third-order valence-corrected chi connectivity index (χ3v) is 3.64. The SMILES string of the molecule is c1ccc(C(Cn2cccn2)NCCCn2cccn2)cc1. The number of hydrogen-bond acceptors (Lipinski definition) is 3. The van der Waals surface area contributed by atoms with E-state index in [1.807, 2.05) is 52.4 Å². The van der Waals surface area contributed by atoms with Gasteiger partial charge in [-0.25, -0.2) is 0 Å². The molecule has 3 rings (SSSR count). The second-order valence-electron chi connectivity index (χ2n) is 5.27. The highest BCUT2D eigenvalue weighted by Gasteiger charge is 2.11. The van der Waals surface area contributed by atoms with Gasteiger partial charge in [-0.2, -0.15) is 10.2 Å². The minimum Gasteiger partial charge on any atom is -0.308 e. The van der Waals surface area contributed by atoms with Gasteiger partial charge in [-0.15, -0.1) is 0 Å². The first-order valence-electron chi connectivity index (χ1n) is 7.65. The molecule has 5 nitrogen and oxygen atoms in total. The molecule has 0 bridgehead atoms. The summed E-state index contributed by atoms with van der Waals surface area (Å²) >= 11 is 0. The van der Waals surface area contributed by atoms with Crippen LogP contribution in [-0.2, 0) is 13.1 Å². The Hall–Kier alpha value is -2.40. The van der Waals surface area contributed by atoms with Crippen molar-refractivity contribution in [3.8, 4) is 0 Å². The van der Waals surface area contributed by atoms with Gasteiger partial charge < -0.3 is 5.32 Å². The van der Waals surface area contributed by atoms with E-state index in [0.29, 0.717) is 0 Å². The predicted molar refractivity (Wildman–Crippen MR) is 86.3 cm³/mol. The zero-order chi connectivity index (χ0) is 15.0. The molecule has 0 aliphatic rings. The first-order chi connectivity index (χ1) is 10.9. The van der Waals surface area contributed by atoms with Gasteiger partial charge in [-0.1, -0.05) is 30.3 Å². The molecule has 114 valence electrons. The number of rotatable bonds is 8. The summed E-state index contributed by atoms with van der Waals surface area (Å²) < 4.78 is 3.94. The summed E-state index contributed by atoms with van der Waals surface area (Å²) in [5.74, 6) is 0. The van der Waals surface area contributed by atoms with Gasteiger partial charge in [0.2, 0.25) is 0 Å². The monoisotopic (exact) mass is 295 g/mol. The van der Waals surface area contributed by atoms with Crippen molar-refractivity contribution >= 4 is 0 Å². The lowest BCUT2D eigenvalue weighted by molar-refractivity contribution is 0.424. The molecule has 5 heteroatoms. The van der Waals surface area contributed by atoms with Crippen LogP contribution in [0.1, 0.15) is 18.0 Å². The minimum atomic E-state index is 0.263. The highest BCUT2D eigenvalue weighted by molar-refractivity contribution is 5.18. The maximum absolute atomic E-state index is 4.31. The molecule has 0 fully saturated rings. The van der Waals surface area contributed by atoms with Crippen LogP contribution in [0.3, 0.4) is 0 Å². The number of hydrogen-bond donors (Lipinski definition) is 1. The van der Waals surface area contributed by atoms with E-state index in [1.54, 1.807) is 0 Å². The molecular formula is C17H21N5. The molecule has 22 heavy (non-hydrogen) atoms. The predicted octanol–water partition coefficient (Wildman–Crippen LogP) is 2.50. The van der Waals surface area contributed by atoms with Gasteiger partial charge in [-0.3, -0.25) is 9.36 Å². The molecule has 0 aliphatic heterocycles. The van der Waals surface area contributed by atoms with Crippen LogP contribution in [0.2, 0.25) is 0 Å². The van der Waals surface area contributed by atoms with Gasteiger partial charge in [0.15, 0.2) is 0 Å². The Labute approximate surface area is 130 Å². The fourth-order valence-electron chi connectivity index (χ4n) is 2.52. The van der Waals surface area contributed by atoms with Crippen LogP contribution in [0, 0.1) is 0 Å².